The minimum Gasteiger partial charge on any atom is -0.386 e. The number of nitrogens with one attached hydrogen (secondary N) is 1. The molecule has 0 saturated carbocycles. The van der Waals surface area contributed by atoms with Gasteiger partial charge in [0.05, 0.1) is 18.6 Å². The quantitative estimate of drug-likeness (QED) is 0.859. The Kier molecular flexibility index (Phi) is 5.11. The summed E-state index contributed by atoms with van der Waals surface area (Å²) in [6, 6.07) is 5.76. The number of rotatable bonds is 5. The van der Waals surface area contributed by atoms with Crippen LogP contribution in [0.2, 0.25) is 0 Å². The molecule has 2 N–H and O–H groups in total. The lowest BCUT2D eigenvalue weighted by molar-refractivity contribution is -0.121. The summed E-state index contributed by atoms with van der Waals surface area (Å²) in [7, 11) is 0. The lowest BCUT2D eigenvalue weighted by atomic mass is 9.93. The molecule has 0 radical (unpaired) electrons. The van der Waals surface area contributed by atoms with Crippen molar-refractivity contribution >= 4 is 23.2 Å². The van der Waals surface area contributed by atoms with Gasteiger partial charge in [-0.1, -0.05) is 0 Å². The van der Waals surface area contributed by atoms with Gasteiger partial charge in [-0.05, 0) is 38.0 Å². The number of anilines is 1. The van der Waals surface area contributed by atoms with Gasteiger partial charge in [0.2, 0.25) is 11.9 Å². The standard InChI is InChI=1S/C17H22N4O2S/c1-13-4-5-14(24-13)10-15(22)20-11-17(23)6-2-9-21(12-17)16-18-7-3-8-19-16/h3-5,7-8,23H,2,6,9-12H2,1H3,(H,20,22)/t17-/m1/s1. The Bertz CT molecular complexity index is 691. The normalized spacial score (nSPS) is 20.8. The molecule has 1 saturated heterocycles. The number of nitrogens with zero attached hydrogens (tertiary/aromatic N) is 3. The van der Waals surface area contributed by atoms with Gasteiger partial charge in [-0.2, -0.15) is 0 Å². The third-order valence-electron chi connectivity index (χ3n) is 4.14. The Morgan fingerprint density at radius 3 is 2.92 bits per heavy atom. The van der Waals surface area contributed by atoms with Gasteiger partial charge in [0, 0.05) is 35.2 Å². The lowest BCUT2D eigenvalue weighted by Gasteiger charge is -2.39. The van der Waals surface area contributed by atoms with Gasteiger partial charge in [0.1, 0.15) is 0 Å². The number of β-amino-alcohol motifs (C(OH)–C–C–N with tert-alkyl or cyclic N) is 1. The Morgan fingerprint density at radius 2 is 2.21 bits per heavy atom. The highest BCUT2D eigenvalue weighted by molar-refractivity contribution is 7.12. The Labute approximate surface area is 145 Å². The molecule has 7 heteroatoms. The van der Waals surface area contributed by atoms with E-state index in [1.54, 1.807) is 29.8 Å². The van der Waals surface area contributed by atoms with Gasteiger partial charge in [-0.3, -0.25) is 4.79 Å². The number of thiophene rings is 1. The topological polar surface area (TPSA) is 78.4 Å². The maximum absolute atomic E-state index is 12.1. The first kappa shape index (κ1) is 16.9. The minimum absolute atomic E-state index is 0.0571. The fraction of sp³-hybridized carbons (Fsp3) is 0.471. The van der Waals surface area contributed by atoms with E-state index in [-0.39, 0.29) is 12.5 Å². The molecule has 0 unspecified atom stereocenters. The SMILES string of the molecule is Cc1ccc(CC(=O)NC[C@]2(O)CCCN(c3ncccn3)C2)s1. The summed E-state index contributed by atoms with van der Waals surface area (Å²) in [5.41, 5.74) is -0.946. The fourth-order valence-electron chi connectivity index (χ4n) is 2.95. The maximum Gasteiger partial charge on any atom is 0.225 e. The first-order chi connectivity index (χ1) is 11.5. The fourth-order valence-corrected chi connectivity index (χ4v) is 3.83. The zero-order valence-corrected chi connectivity index (χ0v) is 14.6. The molecule has 128 valence electrons. The van der Waals surface area contributed by atoms with Crippen molar-refractivity contribution in [3.63, 3.8) is 0 Å². The van der Waals surface area contributed by atoms with Gasteiger partial charge < -0.3 is 15.3 Å². The van der Waals surface area contributed by atoms with Gasteiger partial charge in [-0.15, -0.1) is 11.3 Å². The average Bonchev–Trinajstić information content (AvgIpc) is 2.99. The van der Waals surface area contributed by atoms with Crippen molar-refractivity contribution in [3.8, 4) is 0 Å². The molecule has 6 nitrogen and oxygen atoms in total. The number of amides is 1. The van der Waals surface area contributed by atoms with Gasteiger partial charge in [0.25, 0.3) is 0 Å². The van der Waals surface area contributed by atoms with Crippen LogP contribution < -0.4 is 10.2 Å². The second kappa shape index (κ2) is 7.27. The predicted molar refractivity (Wildman–Crippen MR) is 94.2 cm³/mol. The minimum atomic E-state index is -0.946. The van der Waals surface area contributed by atoms with Crippen LogP contribution in [0.4, 0.5) is 5.95 Å². The van der Waals surface area contributed by atoms with E-state index in [2.05, 4.69) is 15.3 Å². The maximum atomic E-state index is 12.1. The number of hydrogen-bond donors (Lipinski definition) is 2. The zero-order valence-electron chi connectivity index (χ0n) is 13.7. The molecule has 3 heterocycles. The number of carbonyl (C=O) groups excluding carboxylic acids is 1. The van der Waals surface area contributed by atoms with Crippen LogP contribution in [0.25, 0.3) is 0 Å². The van der Waals surface area contributed by atoms with Crippen molar-refractivity contribution in [2.45, 2.75) is 31.8 Å². The summed E-state index contributed by atoms with van der Waals surface area (Å²) in [6.45, 7) is 3.51. The third-order valence-corrected chi connectivity index (χ3v) is 5.14. The molecular weight excluding hydrogens is 324 g/mol. The van der Waals surface area contributed by atoms with Crippen molar-refractivity contribution < 1.29 is 9.90 Å². The number of hydrogen-bond acceptors (Lipinski definition) is 6. The summed E-state index contributed by atoms with van der Waals surface area (Å²) in [4.78, 5) is 24.8. The first-order valence-electron chi connectivity index (χ1n) is 8.10. The smallest absolute Gasteiger partial charge is 0.225 e. The molecule has 1 atom stereocenters. The monoisotopic (exact) mass is 346 g/mol. The lowest BCUT2D eigenvalue weighted by Crippen LogP contribution is -2.54. The summed E-state index contributed by atoms with van der Waals surface area (Å²) < 4.78 is 0. The van der Waals surface area contributed by atoms with Crippen LogP contribution >= 0.6 is 11.3 Å². The largest absolute Gasteiger partial charge is 0.386 e. The van der Waals surface area contributed by atoms with Crippen LogP contribution in [0.5, 0.6) is 0 Å². The highest BCUT2D eigenvalue weighted by atomic mass is 32.1. The van der Waals surface area contributed by atoms with Gasteiger partial charge in [0.15, 0.2) is 0 Å². The van der Waals surface area contributed by atoms with E-state index in [0.717, 1.165) is 17.8 Å². The molecule has 1 amide bonds. The summed E-state index contributed by atoms with van der Waals surface area (Å²) in [6.07, 6.45) is 5.26. The highest BCUT2D eigenvalue weighted by Gasteiger charge is 2.34. The second-order valence-corrected chi connectivity index (χ2v) is 7.64. The molecule has 0 aliphatic carbocycles. The van der Waals surface area contributed by atoms with E-state index in [1.165, 1.54) is 4.88 Å². The first-order valence-corrected chi connectivity index (χ1v) is 8.92. The van der Waals surface area contributed by atoms with Crippen molar-refractivity contribution in [2.24, 2.45) is 0 Å². The molecule has 3 rings (SSSR count). The van der Waals surface area contributed by atoms with E-state index in [1.807, 2.05) is 24.0 Å². The van der Waals surface area contributed by atoms with Crippen LogP contribution in [-0.2, 0) is 11.2 Å². The molecule has 1 aliphatic rings. The molecule has 1 fully saturated rings. The van der Waals surface area contributed by atoms with Gasteiger partial charge in [-0.25, -0.2) is 9.97 Å². The molecule has 1 aliphatic heterocycles. The van der Waals surface area contributed by atoms with Crippen LogP contribution in [0.15, 0.2) is 30.6 Å². The molecular formula is C17H22N4O2S. The molecule has 0 bridgehead atoms. The molecule has 24 heavy (non-hydrogen) atoms. The Balaban J connectivity index is 1.54. The summed E-state index contributed by atoms with van der Waals surface area (Å²) in [5, 5.41) is 13.7. The molecule has 2 aromatic rings. The van der Waals surface area contributed by atoms with Crippen LogP contribution in [-0.4, -0.2) is 46.2 Å². The van der Waals surface area contributed by atoms with Crippen molar-refractivity contribution in [1.29, 1.82) is 0 Å². The second-order valence-electron chi connectivity index (χ2n) is 6.26. The van der Waals surface area contributed by atoms with E-state index in [4.69, 9.17) is 0 Å². The van der Waals surface area contributed by atoms with E-state index < -0.39 is 5.60 Å². The van der Waals surface area contributed by atoms with E-state index in [0.29, 0.717) is 25.3 Å². The van der Waals surface area contributed by atoms with E-state index in [9.17, 15) is 9.90 Å². The third kappa shape index (κ3) is 4.30. The van der Waals surface area contributed by atoms with E-state index >= 15 is 0 Å². The molecule has 2 aromatic heterocycles. The Morgan fingerprint density at radius 1 is 1.42 bits per heavy atom. The molecule has 0 spiro atoms. The Hall–Kier alpha value is -1.99. The zero-order chi connectivity index (χ0) is 17.0. The van der Waals surface area contributed by atoms with Crippen molar-refractivity contribution in [3.05, 3.63) is 40.3 Å². The van der Waals surface area contributed by atoms with Crippen LogP contribution in [0.3, 0.4) is 0 Å². The van der Waals surface area contributed by atoms with Gasteiger partial charge >= 0.3 is 0 Å². The number of carbonyl (C=O) groups is 1. The van der Waals surface area contributed by atoms with Crippen LogP contribution in [0, 0.1) is 6.92 Å². The average molecular weight is 346 g/mol. The summed E-state index contributed by atoms with van der Waals surface area (Å²) >= 11 is 1.63. The highest BCUT2D eigenvalue weighted by Crippen LogP contribution is 2.23. The predicted octanol–water partition coefficient (Wildman–Crippen LogP) is 1.54. The number of aliphatic hydroxyl groups is 1. The molecule has 0 aromatic carbocycles. The van der Waals surface area contributed by atoms with Crippen molar-refractivity contribution in [2.75, 3.05) is 24.5 Å². The van der Waals surface area contributed by atoms with Crippen molar-refractivity contribution in [1.82, 2.24) is 15.3 Å². The summed E-state index contributed by atoms with van der Waals surface area (Å²) in [5.74, 6) is 0.564. The number of piperidine rings is 1. The number of aryl methyl sites for hydroxylation is 1. The van der Waals surface area contributed by atoms with Crippen LogP contribution in [0.1, 0.15) is 22.6 Å². The number of aromatic nitrogens is 2.